The Bertz CT molecular complexity index is 2420. The van der Waals surface area contributed by atoms with Gasteiger partial charge in [0.1, 0.15) is 11.6 Å². The van der Waals surface area contributed by atoms with Crippen LogP contribution in [0.15, 0.2) is 97.3 Å². The highest BCUT2D eigenvalue weighted by Crippen LogP contribution is 2.39. The van der Waals surface area contributed by atoms with Crippen LogP contribution in [0.1, 0.15) is 57.1 Å². The summed E-state index contributed by atoms with van der Waals surface area (Å²) < 4.78 is 4.25. The monoisotopic (exact) mass is 574 g/mol. The Kier molecular flexibility index (Phi) is 5.54. The first kappa shape index (κ1) is 26.5. The molecule has 5 heterocycles. The van der Waals surface area contributed by atoms with Crippen molar-refractivity contribution in [2.24, 2.45) is 0 Å². The van der Waals surface area contributed by atoms with Crippen molar-refractivity contribution < 1.29 is 0 Å². The Morgan fingerprint density at radius 2 is 1.36 bits per heavy atom. The van der Waals surface area contributed by atoms with E-state index in [0.717, 1.165) is 55.7 Å². The van der Waals surface area contributed by atoms with Crippen LogP contribution in [0, 0.1) is 6.92 Å². The van der Waals surface area contributed by atoms with Gasteiger partial charge in [-0.3, -0.25) is 9.55 Å². The summed E-state index contributed by atoms with van der Waals surface area (Å²) in [5.74, 6) is 1.67. The second-order valence-corrected chi connectivity index (χ2v) is 13.4. The number of benzene rings is 3. The van der Waals surface area contributed by atoms with Crippen molar-refractivity contribution in [2.45, 2.75) is 52.4 Å². The number of nitrogens with zero attached hydrogens (tertiary/aromatic N) is 6. The van der Waals surface area contributed by atoms with E-state index in [4.69, 9.17) is 20.1 Å². The molecule has 0 radical (unpaired) electrons. The number of rotatable bonds is 3. The average Bonchev–Trinajstić information content (AvgIpc) is 3.58. The van der Waals surface area contributed by atoms with Gasteiger partial charge in [-0.25, -0.2) is 14.5 Å². The van der Waals surface area contributed by atoms with E-state index in [1.54, 1.807) is 0 Å². The van der Waals surface area contributed by atoms with Crippen molar-refractivity contribution in [3.8, 4) is 5.82 Å². The molecule has 3 aromatic carbocycles. The first-order valence-electron chi connectivity index (χ1n) is 15.2. The molecule has 0 aliphatic heterocycles. The molecule has 6 heteroatoms. The Hall–Kier alpha value is -5.10. The van der Waals surface area contributed by atoms with Crippen LogP contribution in [0.5, 0.6) is 0 Å². The number of aryl methyl sites for hydroxylation is 1. The summed E-state index contributed by atoms with van der Waals surface area (Å²) in [5.41, 5.74) is 8.33. The molecule has 6 nitrogen and oxygen atoms in total. The van der Waals surface area contributed by atoms with Crippen molar-refractivity contribution >= 4 is 49.3 Å². The van der Waals surface area contributed by atoms with Crippen molar-refractivity contribution in [3.63, 3.8) is 0 Å². The van der Waals surface area contributed by atoms with Crippen molar-refractivity contribution in [1.82, 2.24) is 29.1 Å². The molecule has 0 amide bonds. The van der Waals surface area contributed by atoms with Gasteiger partial charge in [0.15, 0.2) is 5.65 Å². The maximum absolute atomic E-state index is 5.10. The summed E-state index contributed by atoms with van der Waals surface area (Å²) in [6.07, 6.45) is 3.96. The third-order valence-electron chi connectivity index (χ3n) is 9.19. The first-order valence-corrected chi connectivity index (χ1v) is 15.2. The lowest BCUT2D eigenvalue weighted by atomic mass is 9.78. The highest BCUT2D eigenvalue weighted by atomic mass is 15.3. The second-order valence-electron chi connectivity index (χ2n) is 13.4. The molecule has 0 unspecified atom stereocenters. The Balaban J connectivity index is 1.35. The third kappa shape index (κ3) is 3.87. The lowest BCUT2D eigenvalue weighted by molar-refractivity contribution is 0.588. The fraction of sp³-hybridized carbons (Fsp3) is 0.211. The van der Waals surface area contributed by atoms with Crippen LogP contribution in [0.4, 0.5) is 0 Å². The number of hydrogen-bond acceptors (Lipinski definition) is 4. The Morgan fingerprint density at radius 3 is 2.16 bits per heavy atom. The largest absolute Gasteiger partial charge is 0.292 e. The minimum atomic E-state index is -0.338. The summed E-state index contributed by atoms with van der Waals surface area (Å²) in [6, 6.07) is 30.3. The van der Waals surface area contributed by atoms with Crippen LogP contribution >= 0.6 is 0 Å². The van der Waals surface area contributed by atoms with Crippen LogP contribution in [0.2, 0.25) is 0 Å². The summed E-state index contributed by atoms with van der Waals surface area (Å²) in [4.78, 5) is 14.8. The summed E-state index contributed by atoms with van der Waals surface area (Å²) in [6.45, 7) is 13.2. The molecule has 0 bridgehead atoms. The zero-order valence-corrected chi connectivity index (χ0v) is 25.9. The molecular formula is C38H34N6. The standard InChI is InChI=1S/C38H34N6/c1-23-41-36-30-19-25(15-16-27(30)28-11-7-10-14-32(28)44(36)42-23)38(5,6)26-20-33-35(40-22-26)29-12-8-9-13-31(29)43(33)34-21-24(17-18-39-34)37(2,3)4/h7-22H,1-6H3. The lowest BCUT2D eigenvalue weighted by Crippen LogP contribution is -2.19. The molecule has 0 aliphatic carbocycles. The third-order valence-corrected chi connectivity index (χ3v) is 9.19. The average molecular weight is 575 g/mol. The topological polar surface area (TPSA) is 60.9 Å². The zero-order chi connectivity index (χ0) is 30.4. The highest BCUT2D eigenvalue weighted by Gasteiger charge is 2.27. The first-order chi connectivity index (χ1) is 21.1. The maximum Gasteiger partial charge on any atom is 0.164 e. The van der Waals surface area contributed by atoms with Gasteiger partial charge in [0.05, 0.1) is 22.1 Å². The molecule has 44 heavy (non-hydrogen) atoms. The smallest absolute Gasteiger partial charge is 0.164 e. The number of para-hydroxylation sites is 2. The Morgan fingerprint density at radius 1 is 0.614 bits per heavy atom. The molecule has 5 aromatic heterocycles. The molecular weight excluding hydrogens is 540 g/mol. The maximum atomic E-state index is 5.10. The van der Waals surface area contributed by atoms with E-state index in [-0.39, 0.29) is 10.8 Å². The normalized spacial score (nSPS) is 12.8. The fourth-order valence-electron chi connectivity index (χ4n) is 6.59. The van der Waals surface area contributed by atoms with Crippen LogP contribution < -0.4 is 0 Å². The Labute approximate surface area is 256 Å². The molecule has 0 fully saturated rings. The predicted octanol–water partition coefficient (Wildman–Crippen LogP) is 8.85. The van der Waals surface area contributed by atoms with E-state index >= 15 is 0 Å². The van der Waals surface area contributed by atoms with Gasteiger partial charge in [0.25, 0.3) is 0 Å². The van der Waals surface area contributed by atoms with E-state index in [0.29, 0.717) is 0 Å². The molecule has 0 saturated carbocycles. The van der Waals surface area contributed by atoms with Gasteiger partial charge in [-0.15, -0.1) is 0 Å². The molecule has 0 N–H and O–H groups in total. The zero-order valence-electron chi connectivity index (χ0n) is 25.9. The van der Waals surface area contributed by atoms with Crippen molar-refractivity contribution in [3.05, 3.63) is 120 Å². The summed E-state index contributed by atoms with van der Waals surface area (Å²) in [5, 5.41) is 9.31. The van der Waals surface area contributed by atoms with Crippen molar-refractivity contribution in [1.29, 1.82) is 0 Å². The van der Waals surface area contributed by atoms with E-state index < -0.39 is 0 Å². The predicted molar refractivity (Wildman–Crippen MR) is 180 cm³/mol. The van der Waals surface area contributed by atoms with Gasteiger partial charge in [-0.05, 0) is 70.8 Å². The van der Waals surface area contributed by atoms with Crippen LogP contribution in [0.3, 0.4) is 0 Å². The van der Waals surface area contributed by atoms with Gasteiger partial charge >= 0.3 is 0 Å². The number of hydrogen-bond donors (Lipinski definition) is 0. The molecule has 0 aliphatic rings. The van der Waals surface area contributed by atoms with Gasteiger partial charge in [-0.2, -0.15) is 5.10 Å². The highest BCUT2D eigenvalue weighted by molar-refractivity contribution is 6.12. The quantitative estimate of drug-likeness (QED) is 0.198. The lowest BCUT2D eigenvalue weighted by Gasteiger charge is -2.26. The fourth-order valence-corrected chi connectivity index (χ4v) is 6.59. The minimum Gasteiger partial charge on any atom is -0.292 e. The molecule has 8 aromatic rings. The van der Waals surface area contributed by atoms with E-state index in [2.05, 4.69) is 124 Å². The van der Waals surface area contributed by atoms with Crippen LogP contribution in [0.25, 0.3) is 55.1 Å². The van der Waals surface area contributed by atoms with Gasteiger partial charge < -0.3 is 0 Å². The van der Waals surface area contributed by atoms with Crippen molar-refractivity contribution in [2.75, 3.05) is 0 Å². The summed E-state index contributed by atoms with van der Waals surface area (Å²) in [7, 11) is 0. The van der Waals surface area contributed by atoms with E-state index in [9.17, 15) is 0 Å². The molecule has 0 saturated heterocycles. The second kappa shape index (κ2) is 9.20. The number of pyridine rings is 3. The van der Waals surface area contributed by atoms with E-state index in [1.165, 1.54) is 21.9 Å². The van der Waals surface area contributed by atoms with E-state index in [1.807, 2.05) is 23.8 Å². The van der Waals surface area contributed by atoms with Gasteiger partial charge in [-0.1, -0.05) is 83.1 Å². The number of fused-ring (bicyclic) bond motifs is 9. The van der Waals surface area contributed by atoms with Crippen LogP contribution in [-0.2, 0) is 10.8 Å². The van der Waals surface area contributed by atoms with Gasteiger partial charge in [0.2, 0.25) is 0 Å². The minimum absolute atomic E-state index is 0.0115. The SMILES string of the molecule is Cc1nc2c3cc(C(C)(C)c4cnc5c6ccccc6n(-c6cc(C(C)(C)C)ccn6)c5c4)ccc3c3ccccc3n2n1. The van der Waals surface area contributed by atoms with Crippen LogP contribution in [-0.4, -0.2) is 29.1 Å². The molecule has 0 spiro atoms. The molecule has 0 atom stereocenters. The summed E-state index contributed by atoms with van der Waals surface area (Å²) >= 11 is 0. The number of aromatic nitrogens is 6. The molecule has 216 valence electrons. The van der Waals surface area contributed by atoms with Gasteiger partial charge in [0, 0.05) is 34.0 Å². The molecule has 8 rings (SSSR count).